The zero-order chi connectivity index (χ0) is 16.8. The zero-order valence-electron chi connectivity index (χ0n) is 13.9. The summed E-state index contributed by atoms with van der Waals surface area (Å²) in [6.45, 7) is 6.12. The van der Waals surface area contributed by atoms with E-state index in [1.807, 2.05) is 18.2 Å². The van der Waals surface area contributed by atoms with Crippen LogP contribution in [0.3, 0.4) is 0 Å². The monoisotopic (exact) mass is 329 g/mol. The molecular formula is C17H23N5O2. The van der Waals surface area contributed by atoms with Gasteiger partial charge < -0.3 is 10.1 Å². The van der Waals surface area contributed by atoms with Crippen LogP contribution in [0.4, 0.5) is 0 Å². The number of morpholine rings is 1. The number of pyridine rings is 1. The van der Waals surface area contributed by atoms with E-state index in [9.17, 15) is 4.79 Å². The summed E-state index contributed by atoms with van der Waals surface area (Å²) >= 11 is 0. The molecule has 0 unspecified atom stereocenters. The minimum absolute atomic E-state index is 0.142. The van der Waals surface area contributed by atoms with E-state index in [1.165, 1.54) is 0 Å². The third kappa shape index (κ3) is 3.98. The highest BCUT2D eigenvalue weighted by Gasteiger charge is 2.20. The molecule has 1 aliphatic rings. The number of ether oxygens (including phenoxy) is 1. The van der Waals surface area contributed by atoms with Gasteiger partial charge in [0.05, 0.1) is 18.9 Å². The molecule has 2 N–H and O–H groups in total. The summed E-state index contributed by atoms with van der Waals surface area (Å²) in [6.07, 6.45) is 2.69. The second-order valence-corrected chi connectivity index (χ2v) is 5.80. The molecule has 0 saturated carbocycles. The van der Waals surface area contributed by atoms with Crippen molar-refractivity contribution >= 4 is 5.91 Å². The maximum atomic E-state index is 12.3. The lowest BCUT2D eigenvalue weighted by Gasteiger charge is -2.33. The molecule has 0 bridgehead atoms. The summed E-state index contributed by atoms with van der Waals surface area (Å²) in [4.78, 5) is 19.0. The van der Waals surface area contributed by atoms with Crippen LogP contribution in [0.5, 0.6) is 0 Å². The third-order valence-electron chi connectivity index (χ3n) is 4.28. The lowest BCUT2D eigenvalue weighted by molar-refractivity contribution is 0.0159. The Morgan fingerprint density at radius 2 is 2.21 bits per heavy atom. The fourth-order valence-electron chi connectivity index (χ4n) is 2.86. The quantitative estimate of drug-likeness (QED) is 0.835. The summed E-state index contributed by atoms with van der Waals surface area (Å²) in [5.41, 5.74) is 1.86. The number of hydrogen-bond acceptors (Lipinski definition) is 5. The van der Waals surface area contributed by atoms with E-state index in [4.69, 9.17) is 4.74 Å². The van der Waals surface area contributed by atoms with Crippen molar-refractivity contribution in [3.8, 4) is 11.4 Å². The first-order valence-corrected chi connectivity index (χ1v) is 8.34. The second-order valence-electron chi connectivity index (χ2n) is 5.80. The van der Waals surface area contributed by atoms with Crippen LogP contribution < -0.4 is 5.32 Å². The molecule has 0 radical (unpaired) electrons. The second kappa shape index (κ2) is 8.03. The number of hydrogen-bond donors (Lipinski definition) is 2. The van der Waals surface area contributed by atoms with E-state index >= 15 is 0 Å². The van der Waals surface area contributed by atoms with E-state index in [-0.39, 0.29) is 5.91 Å². The van der Waals surface area contributed by atoms with E-state index in [0.29, 0.717) is 24.0 Å². The van der Waals surface area contributed by atoms with E-state index in [0.717, 1.165) is 38.4 Å². The number of aromatic nitrogens is 3. The number of aromatic amines is 1. The van der Waals surface area contributed by atoms with Gasteiger partial charge in [0, 0.05) is 31.9 Å². The van der Waals surface area contributed by atoms with Gasteiger partial charge in [0.15, 0.2) is 0 Å². The molecule has 7 nitrogen and oxygen atoms in total. The molecule has 0 aromatic carbocycles. The minimum atomic E-state index is -0.142. The molecule has 1 atom stereocenters. The van der Waals surface area contributed by atoms with Crippen molar-refractivity contribution < 1.29 is 9.53 Å². The van der Waals surface area contributed by atoms with Crippen LogP contribution in [0.1, 0.15) is 23.8 Å². The fraction of sp³-hybridized carbons (Fsp3) is 0.471. The number of H-pyrrole nitrogens is 1. The van der Waals surface area contributed by atoms with Crippen LogP contribution >= 0.6 is 0 Å². The summed E-state index contributed by atoms with van der Waals surface area (Å²) in [5.74, 6) is -0.142. The van der Waals surface area contributed by atoms with Crippen LogP contribution in [-0.4, -0.2) is 64.9 Å². The average molecular weight is 329 g/mol. The van der Waals surface area contributed by atoms with Crippen molar-refractivity contribution in [1.82, 2.24) is 25.4 Å². The van der Waals surface area contributed by atoms with Crippen LogP contribution in [0.15, 0.2) is 30.5 Å². The highest BCUT2D eigenvalue weighted by atomic mass is 16.5. The molecule has 2 aromatic rings. The maximum absolute atomic E-state index is 12.3. The van der Waals surface area contributed by atoms with Gasteiger partial charge in [-0.25, -0.2) is 0 Å². The van der Waals surface area contributed by atoms with Gasteiger partial charge in [-0.2, -0.15) is 5.10 Å². The van der Waals surface area contributed by atoms with Gasteiger partial charge in [-0.15, -0.1) is 0 Å². The van der Waals surface area contributed by atoms with Crippen LogP contribution in [0, 0.1) is 0 Å². The Bertz CT molecular complexity index is 652. The lowest BCUT2D eigenvalue weighted by atomic mass is 10.1. The Labute approximate surface area is 141 Å². The summed E-state index contributed by atoms with van der Waals surface area (Å²) in [7, 11) is 0. The number of carbonyl (C=O) groups is 1. The van der Waals surface area contributed by atoms with Crippen molar-refractivity contribution in [2.45, 2.75) is 19.4 Å². The standard InChI is InChI=1S/C17H23N5O2/c1-2-13(22-7-9-24-10-8-22)12-19-17(23)16-11-15(20-21-16)14-5-3-4-6-18-14/h3-6,11,13H,2,7-10,12H2,1H3,(H,19,23)(H,20,21)/t13-/m0/s1. The van der Waals surface area contributed by atoms with E-state index in [2.05, 4.69) is 32.3 Å². The summed E-state index contributed by atoms with van der Waals surface area (Å²) < 4.78 is 5.39. The van der Waals surface area contributed by atoms with Crippen molar-refractivity contribution in [2.75, 3.05) is 32.8 Å². The first-order chi connectivity index (χ1) is 11.8. The Morgan fingerprint density at radius 3 is 2.92 bits per heavy atom. The molecular weight excluding hydrogens is 306 g/mol. The molecule has 1 amide bonds. The molecule has 0 aliphatic carbocycles. The Hall–Kier alpha value is -2.25. The first kappa shape index (κ1) is 16.6. The normalized spacial score (nSPS) is 16.7. The van der Waals surface area contributed by atoms with Gasteiger partial charge >= 0.3 is 0 Å². The SMILES string of the molecule is CC[C@@H](CNC(=O)c1cc(-c2ccccn2)n[nH]1)N1CCOCC1. The maximum Gasteiger partial charge on any atom is 0.269 e. The molecule has 1 saturated heterocycles. The summed E-state index contributed by atoms with van der Waals surface area (Å²) in [6, 6.07) is 7.66. The van der Waals surface area contributed by atoms with Gasteiger partial charge in [0.25, 0.3) is 5.91 Å². The fourth-order valence-corrected chi connectivity index (χ4v) is 2.86. The van der Waals surface area contributed by atoms with Gasteiger partial charge in [-0.3, -0.25) is 19.8 Å². The van der Waals surface area contributed by atoms with Crippen molar-refractivity contribution in [3.05, 3.63) is 36.2 Å². The predicted octanol–water partition coefficient (Wildman–Crippen LogP) is 1.31. The van der Waals surface area contributed by atoms with Gasteiger partial charge in [0.2, 0.25) is 0 Å². The number of carbonyl (C=O) groups excluding carboxylic acids is 1. The molecule has 3 rings (SSSR count). The molecule has 7 heteroatoms. The largest absolute Gasteiger partial charge is 0.379 e. The Morgan fingerprint density at radius 1 is 1.38 bits per heavy atom. The predicted molar refractivity (Wildman–Crippen MR) is 90.6 cm³/mol. The smallest absolute Gasteiger partial charge is 0.269 e. The molecule has 2 aromatic heterocycles. The van der Waals surface area contributed by atoms with Crippen molar-refractivity contribution in [3.63, 3.8) is 0 Å². The van der Waals surface area contributed by atoms with Gasteiger partial charge in [0.1, 0.15) is 11.4 Å². The molecule has 128 valence electrons. The lowest BCUT2D eigenvalue weighted by Crippen LogP contribution is -2.48. The first-order valence-electron chi connectivity index (χ1n) is 8.34. The average Bonchev–Trinajstić information content (AvgIpc) is 3.14. The van der Waals surface area contributed by atoms with Crippen molar-refractivity contribution in [2.24, 2.45) is 0 Å². The minimum Gasteiger partial charge on any atom is -0.379 e. The topological polar surface area (TPSA) is 83.1 Å². The molecule has 0 spiro atoms. The summed E-state index contributed by atoms with van der Waals surface area (Å²) in [5, 5.41) is 9.96. The van der Waals surface area contributed by atoms with Crippen molar-refractivity contribution in [1.29, 1.82) is 0 Å². The van der Waals surface area contributed by atoms with Gasteiger partial charge in [-0.05, 0) is 24.6 Å². The number of rotatable bonds is 6. The highest BCUT2D eigenvalue weighted by Crippen LogP contribution is 2.14. The van der Waals surface area contributed by atoms with Crippen LogP contribution in [0.2, 0.25) is 0 Å². The van der Waals surface area contributed by atoms with Crippen LogP contribution in [-0.2, 0) is 4.74 Å². The number of amides is 1. The molecule has 3 heterocycles. The molecule has 1 fully saturated rings. The zero-order valence-corrected chi connectivity index (χ0v) is 13.9. The van der Waals surface area contributed by atoms with E-state index in [1.54, 1.807) is 12.3 Å². The molecule has 1 aliphatic heterocycles. The Balaban J connectivity index is 1.57. The third-order valence-corrected chi connectivity index (χ3v) is 4.28. The van der Waals surface area contributed by atoms with Gasteiger partial charge in [-0.1, -0.05) is 13.0 Å². The Kier molecular flexibility index (Phi) is 5.55. The van der Waals surface area contributed by atoms with E-state index < -0.39 is 0 Å². The van der Waals surface area contributed by atoms with Crippen LogP contribution in [0.25, 0.3) is 11.4 Å². The number of nitrogens with zero attached hydrogens (tertiary/aromatic N) is 3. The number of nitrogens with one attached hydrogen (secondary N) is 2. The highest BCUT2D eigenvalue weighted by molar-refractivity contribution is 5.93. The molecule has 24 heavy (non-hydrogen) atoms.